The SMILES string of the molecule is CC1(C)C2CC[C@@](C)(C2)C1NC(=O)c1ccc([N+](=O)[O-])cc1. The van der Waals surface area contributed by atoms with Crippen LogP contribution < -0.4 is 5.32 Å². The Labute approximate surface area is 130 Å². The quantitative estimate of drug-likeness (QED) is 0.685. The van der Waals surface area contributed by atoms with Crippen molar-refractivity contribution in [3.8, 4) is 0 Å². The van der Waals surface area contributed by atoms with Crippen LogP contribution in [0.4, 0.5) is 5.69 Å². The van der Waals surface area contributed by atoms with Gasteiger partial charge in [0.05, 0.1) is 4.92 Å². The zero-order valence-corrected chi connectivity index (χ0v) is 13.3. The highest BCUT2D eigenvalue weighted by Crippen LogP contribution is 2.62. The molecule has 0 spiro atoms. The van der Waals surface area contributed by atoms with Gasteiger partial charge in [-0.05, 0) is 48.1 Å². The second-order valence-corrected chi connectivity index (χ2v) is 7.63. The van der Waals surface area contributed by atoms with Crippen molar-refractivity contribution in [1.82, 2.24) is 5.32 Å². The number of hydrogen-bond donors (Lipinski definition) is 1. The summed E-state index contributed by atoms with van der Waals surface area (Å²) in [5, 5.41) is 13.9. The summed E-state index contributed by atoms with van der Waals surface area (Å²) >= 11 is 0. The summed E-state index contributed by atoms with van der Waals surface area (Å²) in [7, 11) is 0. The van der Waals surface area contributed by atoms with Gasteiger partial charge in [0.2, 0.25) is 0 Å². The normalized spacial score (nSPS) is 32.0. The molecule has 0 heterocycles. The summed E-state index contributed by atoms with van der Waals surface area (Å²) in [6, 6.07) is 5.96. The van der Waals surface area contributed by atoms with Crippen LogP contribution in [-0.4, -0.2) is 16.9 Å². The van der Waals surface area contributed by atoms with Gasteiger partial charge >= 0.3 is 0 Å². The Kier molecular flexibility index (Phi) is 3.27. The van der Waals surface area contributed by atoms with Crippen molar-refractivity contribution < 1.29 is 9.72 Å². The minimum atomic E-state index is -0.457. The number of fused-ring (bicyclic) bond motifs is 2. The molecule has 0 radical (unpaired) electrons. The zero-order chi connectivity index (χ0) is 16.1. The Balaban J connectivity index is 1.78. The fourth-order valence-electron chi connectivity index (χ4n) is 4.61. The van der Waals surface area contributed by atoms with E-state index in [9.17, 15) is 14.9 Å². The average Bonchev–Trinajstić information content (AvgIpc) is 2.94. The van der Waals surface area contributed by atoms with E-state index in [1.54, 1.807) is 0 Å². The summed E-state index contributed by atoms with van der Waals surface area (Å²) in [5.41, 5.74) is 0.755. The first kappa shape index (κ1) is 15.0. The molecular weight excluding hydrogens is 280 g/mol. The third-order valence-corrected chi connectivity index (χ3v) is 5.89. The second-order valence-electron chi connectivity index (χ2n) is 7.63. The Morgan fingerprint density at radius 3 is 2.41 bits per heavy atom. The molecule has 22 heavy (non-hydrogen) atoms. The molecule has 3 rings (SSSR count). The van der Waals surface area contributed by atoms with Crippen LogP contribution in [0.5, 0.6) is 0 Å². The van der Waals surface area contributed by atoms with Crippen molar-refractivity contribution in [2.24, 2.45) is 16.7 Å². The highest BCUT2D eigenvalue weighted by atomic mass is 16.6. The lowest BCUT2D eigenvalue weighted by Crippen LogP contribution is -2.52. The summed E-state index contributed by atoms with van der Waals surface area (Å²) in [5.74, 6) is 0.529. The van der Waals surface area contributed by atoms with Gasteiger partial charge in [-0.2, -0.15) is 0 Å². The molecule has 0 saturated heterocycles. The second kappa shape index (κ2) is 4.80. The number of non-ortho nitro benzene ring substituents is 1. The highest BCUT2D eigenvalue weighted by molar-refractivity contribution is 5.94. The molecule has 1 N–H and O–H groups in total. The van der Waals surface area contributed by atoms with Crippen LogP contribution in [0.1, 0.15) is 50.4 Å². The molecule has 2 aliphatic rings. The number of amides is 1. The molecule has 118 valence electrons. The van der Waals surface area contributed by atoms with E-state index in [2.05, 4.69) is 26.1 Å². The number of nitrogens with zero attached hydrogens (tertiary/aromatic N) is 1. The molecule has 2 bridgehead atoms. The van der Waals surface area contributed by atoms with Crippen LogP contribution in [0.25, 0.3) is 0 Å². The lowest BCUT2D eigenvalue weighted by Gasteiger charge is -2.43. The molecule has 2 fully saturated rings. The molecule has 2 saturated carbocycles. The minimum Gasteiger partial charge on any atom is -0.348 e. The van der Waals surface area contributed by atoms with E-state index in [-0.39, 0.29) is 28.5 Å². The van der Waals surface area contributed by atoms with Crippen LogP contribution in [-0.2, 0) is 0 Å². The molecular formula is C17H22N2O3. The summed E-state index contributed by atoms with van der Waals surface area (Å²) < 4.78 is 0. The number of rotatable bonds is 3. The van der Waals surface area contributed by atoms with Gasteiger partial charge in [-0.1, -0.05) is 20.8 Å². The predicted molar refractivity (Wildman–Crippen MR) is 83.6 cm³/mol. The van der Waals surface area contributed by atoms with E-state index in [4.69, 9.17) is 0 Å². The Morgan fingerprint density at radius 1 is 1.27 bits per heavy atom. The fraction of sp³-hybridized carbons (Fsp3) is 0.588. The molecule has 1 amide bonds. The third kappa shape index (κ3) is 2.19. The Hall–Kier alpha value is -1.91. The molecule has 0 aromatic heterocycles. The van der Waals surface area contributed by atoms with Crippen LogP contribution in [0, 0.1) is 26.9 Å². The number of nitrogens with one attached hydrogen (secondary N) is 1. The van der Waals surface area contributed by atoms with Gasteiger partial charge in [-0.25, -0.2) is 0 Å². The van der Waals surface area contributed by atoms with Gasteiger partial charge in [-0.15, -0.1) is 0 Å². The van der Waals surface area contributed by atoms with E-state index in [0.717, 1.165) is 6.42 Å². The molecule has 5 heteroatoms. The van der Waals surface area contributed by atoms with Gasteiger partial charge in [0.1, 0.15) is 0 Å². The maximum absolute atomic E-state index is 12.5. The van der Waals surface area contributed by atoms with Gasteiger partial charge in [-0.3, -0.25) is 14.9 Å². The molecule has 2 aliphatic carbocycles. The van der Waals surface area contributed by atoms with Gasteiger partial charge in [0, 0.05) is 23.7 Å². The van der Waals surface area contributed by atoms with Crippen molar-refractivity contribution in [1.29, 1.82) is 0 Å². The number of benzene rings is 1. The van der Waals surface area contributed by atoms with Gasteiger partial charge in [0.15, 0.2) is 0 Å². The first-order valence-electron chi connectivity index (χ1n) is 7.79. The molecule has 1 aromatic rings. The fourth-order valence-corrected chi connectivity index (χ4v) is 4.61. The van der Waals surface area contributed by atoms with Crippen LogP contribution >= 0.6 is 0 Å². The number of nitro groups is 1. The number of nitro benzene ring substituents is 1. The lowest BCUT2D eigenvalue weighted by molar-refractivity contribution is -0.384. The maximum Gasteiger partial charge on any atom is 0.269 e. The minimum absolute atomic E-state index is 0.00349. The van der Waals surface area contributed by atoms with Gasteiger partial charge in [0.25, 0.3) is 11.6 Å². The number of carbonyl (C=O) groups excluding carboxylic acids is 1. The first-order chi connectivity index (χ1) is 10.2. The average molecular weight is 302 g/mol. The van der Waals surface area contributed by atoms with Crippen molar-refractivity contribution >= 4 is 11.6 Å². The maximum atomic E-state index is 12.5. The highest BCUT2D eigenvalue weighted by Gasteiger charge is 2.59. The van der Waals surface area contributed by atoms with Crippen LogP contribution in [0.15, 0.2) is 24.3 Å². The Bertz CT molecular complexity index is 619. The lowest BCUT2D eigenvalue weighted by atomic mass is 9.68. The molecule has 0 aliphatic heterocycles. The standard InChI is InChI=1S/C17H22N2O3/c1-16(2)12-8-9-17(3,10-12)15(16)18-14(20)11-4-6-13(7-5-11)19(21)22/h4-7,12,15H,8-10H2,1-3H3,(H,18,20)/t12?,15?,17-/m0/s1. The topological polar surface area (TPSA) is 72.2 Å². The largest absolute Gasteiger partial charge is 0.348 e. The predicted octanol–water partition coefficient (Wildman–Crippen LogP) is 3.54. The van der Waals surface area contributed by atoms with E-state index in [0.29, 0.717) is 11.5 Å². The summed E-state index contributed by atoms with van der Waals surface area (Å²) in [6.45, 7) is 6.74. The third-order valence-electron chi connectivity index (χ3n) is 5.89. The number of carbonyl (C=O) groups is 1. The van der Waals surface area contributed by atoms with E-state index in [1.807, 2.05) is 0 Å². The Morgan fingerprint density at radius 2 is 1.91 bits per heavy atom. The van der Waals surface area contributed by atoms with Crippen molar-refractivity contribution in [3.05, 3.63) is 39.9 Å². The van der Waals surface area contributed by atoms with Crippen molar-refractivity contribution in [2.45, 2.75) is 46.1 Å². The summed E-state index contributed by atoms with van der Waals surface area (Å²) in [6.07, 6.45) is 3.57. The van der Waals surface area contributed by atoms with Crippen molar-refractivity contribution in [3.63, 3.8) is 0 Å². The van der Waals surface area contributed by atoms with Gasteiger partial charge < -0.3 is 5.32 Å². The van der Waals surface area contributed by atoms with Crippen LogP contribution in [0.2, 0.25) is 0 Å². The van der Waals surface area contributed by atoms with E-state index < -0.39 is 4.92 Å². The smallest absolute Gasteiger partial charge is 0.269 e. The van der Waals surface area contributed by atoms with E-state index >= 15 is 0 Å². The molecule has 5 nitrogen and oxygen atoms in total. The number of hydrogen-bond acceptors (Lipinski definition) is 3. The van der Waals surface area contributed by atoms with Crippen LogP contribution in [0.3, 0.4) is 0 Å². The zero-order valence-electron chi connectivity index (χ0n) is 13.3. The first-order valence-corrected chi connectivity index (χ1v) is 7.79. The molecule has 1 aromatic carbocycles. The molecule has 3 atom stereocenters. The molecule has 2 unspecified atom stereocenters. The monoisotopic (exact) mass is 302 g/mol. The summed E-state index contributed by atoms with van der Waals surface area (Å²) in [4.78, 5) is 22.7. The van der Waals surface area contributed by atoms with Crippen molar-refractivity contribution in [2.75, 3.05) is 0 Å². The van der Waals surface area contributed by atoms with E-state index in [1.165, 1.54) is 37.1 Å².